The lowest BCUT2D eigenvalue weighted by molar-refractivity contribution is 0.862. The number of aryl methyl sites for hydroxylation is 2. The lowest BCUT2D eigenvalue weighted by atomic mass is 9.96. The average Bonchev–Trinajstić information content (AvgIpc) is 3.44. The van der Waals surface area contributed by atoms with E-state index in [9.17, 15) is 0 Å². The Labute approximate surface area is 185 Å². The molecule has 0 atom stereocenters. The Hall–Kier alpha value is -4.31. The predicted octanol–water partition coefficient (Wildman–Crippen LogP) is 3.96. The van der Waals surface area contributed by atoms with Gasteiger partial charge in [-0.05, 0) is 41.8 Å². The van der Waals surface area contributed by atoms with E-state index in [1.807, 2.05) is 42.6 Å². The second-order valence-corrected chi connectivity index (χ2v) is 7.74. The molecule has 0 unspecified atom stereocenters. The number of hydrogen-bond acceptors (Lipinski definition) is 5. The van der Waals surface area contributed by atoms with E-state index in [0.29, 0.717) is 18.7 Å². The number of nitrogens with zero attached hydrogens (tertiary/aromatic N) is 6. The maximum Gasteiger partial charge on any atom is 0.205 e. The molecule has 0 bridgehead atoms. The van der Waals surface area contributed by atoms with Crippen LogP contribution in [0, 0.1) is 26.2 Å². The maximum atomic E-state index is 5.61. The fraction of sp³-hybridized carbons (Fsp3) is 0.160. The van der Waals surface area contributed by atoms with E-state index in [2.05, 4.69) is 56.9 Å². The number of tetrazole rings is 1. The minimum Gasteiger partial charge on any atom is -0.234 e. The lowest BCUT2D eigenvalue weighted by Gasteiger charge is -2.08. The van der Waals surface area contributed by atoms with Gasteiger partial charge in [0, 0.05) is 28.9 Å². The Morgan fingerprint density at radius 3 is 2.53 bits per heavy atom. The van der Waals surface area contributed by atoms with E-state index in [0.717, 1.165) is 45.0 Å². The van der Waals surface area contributed by atoms with Gasteiger partial charge in [0.05, 0.1) is 12.1 Å². The number of nitrogens with one attached hydrogen (secondary N) is 1. The van der Waals surface area contributed by atoms with Gasteiger partial charge in [0.2, 0.25) is 5.82 Å². The summed E-state index contributed by atoms with van der Waals surface area (Å²) in [4.78, 5) is 4.75. The molecule has 0 fully saturated rings. The van der Waals surface area contributed by atoms with Crippen molar-refractivity contribution in [3.63, 3.8) is 0 Å². The van der Waals surface area contributed by atoms with Gasteiger partial charge in [0.15, 0.2) is 5.65 Å². The highest BCUT2D eigenvalue weighted by molar-refractivity contribution is 5.80. The molecule has 0 aliphatic heterocycles. The van der Waals surface area contributed by atoms with Crippen LogP contribution >= 0.6 is 0 Å². The van der Waals surface area contributed by atoms with Crippen LogP contribution in [0.15, 0.2) is 54.6 Å². The third kappa shape index (κ3) is 3.52. The molecule has 2 aromatic carbocycles. The van der Waals surface area contributed by atoms with Crippen molar-refractivity contribution >= 4 is 5.65 Å². The third-order valence-corrected chi connectivity index (χ3v) is 5.50. The van der Waals surface area contributed by atoms with Gasteiger partial charge in [-0.1, -0.05) is 48.5 Å². The molecule has 7 nitrogen and oxygen atoms in total. The van der Waals surface area contributed by atoms with Crippen molar-refractivity contribution in [2.24, 2.45) is 0 Å². The number of aromatic amines is 1. The van der Waals surface area contributed by atoms with Crippen molar-refractivity contribution in [3.05, 3.63) is 82.8 Å². The first-order chi connectivity index (χ1) is 15.6. The molecule has 3 heterocycles. The van der Waals surface area contributed by atoms with E-state index < -0.39 is 0 Å². The molecule has 0 spiro atoms. The number of benzene rings is 2. The zero-order valence-electron chi connectivity index (χ0n) is 17.9. The average molecular weight is 419 g/mol. The number of aromatic nitrogens is 7. The van der Waals surface area contributed by atoms with Crippen LogP contribution in [-0.4, -0.2) is 35.2 Å². The van der Waals surface area contributed by atoms with Gasteiger partial charge < -0.3 is 0 Å². The van der Waals surface area contributed by atoms with Crippen LogP contribution in [0.1, 0.15) is 28.2 Å². The summed E-state index contributed by atoms with van der Waals surface area (Å²) in [5.74, 6) is 3.31. The molecule has 5 aromatic rings. The van der Waals surface area contributed by atoms with E-state index in [4.69, 9.17) is 16.5 Å². The second-order valence-electron chi connectivity index (χ2n) is 7.74. The van der Waals surface area contributed by atoms with Crippen LogP contribution in [0.2, 0.25) is 0 Å². The number of H-pyrrole nitrogens is 1. The van der Waals surface area contributed by atoms with Crippen LogP contribution in [0.5, 0.6) is 0 Å². The topological polar surface area (TPSA) is 84.6 Å². The van der Waals surface area contributed by atoms with E-state index in [1.54, 1.807) is 0 Å². The molecule has 0 saturated carbocycles. The van der Waals surface area contributed by atoms with Gasteiger partial charge in [-0.25, -0.2) is 9.50 Å². The molecule has 1 N–H and O–H groups in total. The number of terminal acetylenes is 1. The zero-order valence-corrected chi connectivity index (χ0v) is 17.9. The summed E-state index contributed by atoms with van der Waals surface area (Å²) in [6, 6.07) is 18.6. The summed E-state index contributed by atoms with van der Waals surface area (Å²) in [5.41, 5.74) is 9.11. The molecule has 156 valence electrons. The quantitative estimate of drug-likeness (QED) is 0.436. The van der Waals surface area contributed by atoms with Crippen LogP contribution < -0.4 is 0 Å². The fourth-order valence-electron chi connectivity index (χ4n) is 4.04. The monoisotopic (exact) mass is 419 g/mol. The van der Waals surface area contributed by atoms with Crippen LogP contribution in [0.3, 0.4) is 0 Å². The first kappa shape index (κ1) is 19.6. The van der Waals surface area contributed by atoms with Crippen LogP contribution in [-0.2, 0) is 12.8 Å². The van der Waals surface area contributed by atoms with Gasteiger partial charge in [-0.2, -0.15) is 10.3 Å². The molecule has 3 aromatic heterocycles. The van der Waals surface area contributed by atoms with Crippen molar-refractivity contribution in [1.29, 1.82) is 0 Å². The Morgan fingerprint density at radius 2 is 1.81 bits per heavy atom. The highest BCUT2D eigenvalue weighted by atomic mass is 15.5. The van der Waals surface area contributed by atoms with Crippen molar-refractivity contribution in [1.82, 2.24) is 35.2 Å². The molecular formula is C25H21N7. The van der Waals surface area contributed by atoms with E-state index in [-0.39, 0.29) is 0 Å². The number of fused-ring (bicyclic) bond motifs is 1. The Bertz CT molecular complexity index is 1440. The highest BCUT2D eigenvalue weighted by Gasteiger charge is 2.16. The van der Waals surface area contributed by atoms with Crippen LogP contribution in [0.4, 0.5) is 0 Å². The first-order valence-corrected chi connectivity index (χ1v) is 10.3. The fourth-order valence-corrected chi connectivity index (χ4v) is 4.04. The van der Waals surface area contributed by atoms with Crippen LogP contribution in [0.25, 0.3) is 28.2 Å². The Balaban J connectivity index is 1.51. The standard InChI is InChI=1S/C25H21N7/c1-4-7-23-22(25-26-16(2)14-17(3)32(25)29-23)15-18-10-12-19(13-11-18)20-8-5-6-9-21(20)24-27-30-31-28-24/h1,5-6,8-14H,7,15H2,2-3H3,(H,27,28,30,31). The number of rotatable bonds is 5. The summed E-state index contributed by atoms with van der Waals surface area (Å²) in [6.07, 6.45) is 6.81. The molecule has 0 aliphatic rings. The molecule has 0 amide bonds. The van der Waals surface area contributed by atoms with Gasteiger partial charge in [-0.3, -0.25) is 0 Å². The molecule has 7 heteroatoms. The summed E-state index contributed by atoms with van der Waals surface area (Å²) in [6.45, 7) is 4.04. The Morgan fingerprint density at radius 1 is 1.03 bits per heavy atom. The van der Waals surface area contributed by atoms with Gasteiger partial charge >= 0.3 is 0 Å². The highest BCUT2D eigenvalue weighted by Crippen LogP contribution is 2.30. The van der Waals surface area contributed by atoms with Gasteiger partial charge in [0.25, 0.3) is 0 Å². The van der Waals surface area contributed by atoms with Crippen molar-refractivity contribution in [3.8, 4) is 34.9 Å². The third-order valence-electron chi connectivity index (χ3n) is 5.50. The van der Waals surface area contributed by atoms with E-state index in [1.165, 1.54) is 5.56 Å². The summed E-state index contributed by atoms with van der Waals surface area (Å²) < 4.78 is 1.89. The Kier molecular flexibility index (Phi) is 4.96. The molecule has 0 saturated heterocycles. The summed E-state index contributed by atoms with van der Waals surface area (Å²) >= 11 is 0. The molecule has 0 radical (unpaired) electrons. The SMILES string of the molecule is C#CCc1nn2c(C)cc(C)nc2c1Cc1ccc(-c2ccccc2-c2nn[nH]n2)cc1. The van der Waals surface area contributed by atoms with Crippen molar-refractivity contribution in [2.45, 2.75) is 26.7 Å². The van der Waals surface area contributed by atoms with Gasteiger partial charge in [0.1, 0.15) is 0 Å². The lowest BCUT2D eigenvalue weighted by Crippen LogP contribution is -1.98. The van der Waals surface area contributed by atoms with Crippen molar-refractivity contribution in [2.75, 3.05) is 0 Å². The largest absolute Gasteiger partial charge is 0.234 e. The molecule has 32 heavy (non-hydrogen) atoms. The smallest absolute Gasteiger partial charge is 0.205 e. The summed E-state index contributed by atoms with van der Waals surface area (Å²) in [7, 11) is 0. The molecule has 0 aliphatic carbocycles. The van der Waals surface area contributed by atoms with E-state index >= 15 is 0 Å². The molecule has 5 rings (SSSR count). The number of hydrogen-bond donors (Lipinski definition) is 1. The molecular weight excluding hydrogens is 398 g/mol. The van der Waals surface area contributed by atoms with Gasteiger partial charge in [-0.15, -0.1) is 22.5 Å². The summed E-state index contributed by atoms with van der Waals surface area (Å²) in [5, 5.41) is 19.2. The first-order valence-electron chi connectivity index (χ1n) is 10.3. The van der Waals surface area contributed by atoms with Crippen molar-refractivity contribution < 1.29 is 0 Å². The minimum atomic E-state index is 0.480. The minimum absolute atomic E-state index is 0.480. The normalized spacial score (nSPS) is 11.0. The predicted molar refractivity (Wildman–Crippen MR) is 123 cm³/mol. The second kappa shape index (κ2) is 8.08. The zero-order chi connectivity index (χ0) is 22.1. The maximum absolute atomic E-state index is 5.61.